The van der Waals surface area contributed by atoms with Gasteiger partial charge in [0.05, 0.1) is 12.8 Å². The molecule has 0 fully saturated rings. The molecule has 1 heterocycles. The minimum Gasteiger partial charge on any atom is -0.497 e. The smallest absolute Gasteiger partial charge is 0.164 e. The summed E-state index contributed by atoms with van der Waals surface area (Å²) in [6, 6.07) is 18.6. The van der Waals surface area contributed by atoms with E-state index >= 15 is 0 Å². The Balaban J connectivity index is 1.94. The van der Waals surface area contributed by atoms with Crippen molar-refractivity contribution >= 4 is 5.78 Å². The van der Waals surface area contributed by atoms with Gasteiger partial charge in [-0.15, -0.1) is 0 Å². The quantitative estimate of drug-likeness (QED) is 0.651. The predicted octanol–water partition coefficient (Wildman–Crippen LogP) is 5.23. The van der Waals surface area contributed by atoms with Crippen LogP contribution in [0.1, 0.15) is 35.0 Å². The molecule has 0 aliphatic heterocycles. The maximum absolute atomic E-state index is 12.6. The van der Waals surface area contributed by atoms with Gasteiger partial charge in [0.25, 0.3) is 0 Å². The Kier molecular flexibility index (Phi) is 4.15. The standard InChI is InChI=1S/C23H23NO2/c1-15-4-6-17(7-5-15)21-14-20-22(12-16(2)13-23(20)25)24(21)18-8-10-19(26-3)11-9-18/h4-11,14,16H,12-13H2,1-3H3/t16-/m1/s1. The molecule has 4 rings (SSSR count). The lowest BCUT2D eigenvalue weighted by Gasteiger charge is -2.21. The molecule has 0 saturated heterocycles. The van der Waals surface area contributed by atoms with Crippen LogP contribution in [0.4, 0.5) is 0 Å². The number of nitrogens with zero attached hydrogens (tertiary/aromatic N) is 1. The normalized spacial score (nSPS) is 16.4. The number of Topliss-reactive ketones (excluding diaryl/α,β-unsaturated/α-hetero) is 1. The van der Waals surface area contributed by atoms with Crippen molar-refractivity contribution in [2.75, 3.05) is 7.11 Å². The number of ether oxygens (including phenoxy) is 1. The molecule has 1 atom stereocenters. The fourth-order valence-electron chi connectivity index (χ4n) is 3.78. The van der Waals surface area contributed by atoms with Crippen LogP contribution in [0, 0.1) is 12.8 Å². The number of aromatic nitrogens is 1. The number of carbonyl (C=O) groups excluding carboxylic acids is 1. The van der Waals surface area contributed by atoms with Gasteiger partial charge in [-0.3, -0.25) is 4.79 Å². The molecular formula is C23H23NO2. The zero-order chi connectivity index (χ0) is 18.3. The maximum Gasteiger partial charge on any atom is 0.164 e. The molecule has 0 radical (unpaired) electrons. The summed E-state index contributed by atoms with van der Waals surface area (Å²) in [5.74, 6) is 1.45. The molecule has 0 unspecified atom stereocenters. The van der Waals surface area contributed by atoms with Crippen molar-refractivity contribution in [2.45, 2.75) is 26.7 Å². The third-order valence-electron chi connectivity index (χ3n) is 5.16. The van der Waals surface area contributed by atoms with Gasteiger partial charge in [0.2, 0.25) is 0 Å². The second-order valence-corrected chi connectivity index (χ2v) is 7.23. The van der Waals surface area contributed by atoms with Gasteiger partial charge in [0, 0.05) is 23.4 Å². The fraction of sp³-hybridized carbons (Fsp3) is 0.261. The maximum atomic E-state index is 12.6. The summed E-state index contributed by atoms with van der Waals surface area (Å²) in [7, 11) is 1.67. The van der Waals surface area contributed by atoms with Crippen molar-refractivity contribution in [3.05, 3.63) is 71.4 Å². The van der Waals surface area contributed by atoms with Crippen LogP contribution in [0.3, 0.4) is 0 Å². The Morgan fingerprint density at radius 2 is 1.69 bits per heavy atom. The van der Waals surface area contributed by atoms with E-state index in [1.54, 1.807) is 7.11 Å². The minimum atomic E-state index is 0.249. The number of benzene rings is 2. The molecule has 3 aromatic rings. The van der Waals surface area contributed by atoms with E-state index < -0.39 is 0 Å². The predicted molar refractivity (Wildman–Crippen MR) is 104 cm³/mol. The lowest BCUT2D eigenvalue weighted by Crippen LogP contribution is -2.19. The van der Waals surface area contributed by atoms with Gasteiger partial charge in [-0.25, -0.2) is 0 Å². The first-order valence-electron chi connectivity index (χ1n) is 9.06. The molecular weight excluding hydrogens is 322 g/mol. The van der Waals surface area contributed by atoms with E-state index in [1.807, 2.05) is 12.1 Å². The third kappa shape index (κ3) is 2.84. The number of rotatable bonds is 3. The second kappa shape index (κ2) is 6.49. The summed E-state index contributed by atoms with van der Waals surface area (Å²) in [6.45, 7) is 4.24. The Bertz CT molecular complexity index is 949. The van der Waals surface area contributed by atoms with Crippen LogP contribution in [-0.2, 0) is 6.42 Å². The molecule has 0 N–H and O–H groups in total. The van der Waals surface area contributed by atoms with Crippen LogP contribution in [0.15, 0.2) is 54.6 Å². The van der Waals surface area contributed by atoms with E-state index in [4.69, 9.17) is 4.74 Å². The zero-order valence-corrected chi connectivity index (χ0v) is 15.5. The van der Waals surface area contributed by atoms with Crippen LogP contribution in [0.5, 0.6) is 5.75 Å². The molecule has 1 aliphatic rings. The van der Waals surface area contributed by atoms with E-state index in [-0.39, 0.29) is 5.78 Å². The Morgan fingerprint density at radius 1 is 1.00 bits per heavy atom. The van der Waals surface area contributed by atoms with Crippen LogP contribution in [-0.4, -0.2) is 17.5 Å². The molecule has 0 spiro atoms. The van der Waals surface area contributed by atoms with Crippen molar-refractivity contribution in [3.8, 4) is 22.7 Å². The van der Waals surface area contributed by atoms with Gasteiger partial charge in [-0.05, 0) is 55.2 Å². The monoisotopic (exact) mass is 345 g/mol. The van der Waals surface area contributed by atoms with Crippen LogP contribution in [0.25, 0.3) is 16.9 Å². The van der Waals surface area contributed by atoms with Crippen LogP contribution >= 0.6 is 0 Å². The molecule has 3 nitrogen and oxygen atoms in total. The van der Waals surface area contributed by atoms with Crippen molar-refractivity contribution in [3.63, 3.8) is 0 Å². The first kappa shape index (κ1) is 16.6. The van der Waals surface area contributed by atoms with E-state index in [0.29, 0.717) is 12.3 Å². The fourth-order valence-corrected chi connectivity index (χ4v) is 3.78. The molecule has 3 heteroatoms. The van der Waals surface area contributed by atoms with Gasteiger partial charge >= 0.3 is 0 Å². The zero-order valence-electron chi connectivity index (χ0n) is 15.5. The lowest BCUT2D eigenvalue weighted by molar-refractivity contribution is 0.0952. The Labute approximate surface area is 154 Å². The second-order valence-electron chi connectivity index (χ2n) is 7.23. The SMILES string of the molecule is COc1ccc(-n2c(-c3ccc(C)cc3)cc3c2C[C@@H](C)CC3=O)cc1. The van der Waals surface area contributed by atoms with Crippen molar-refractivity contribution in [1.29, 1.82) is 0 Å². The van der Waals surface area contributed by atoms with Gasteiger partial charge in [0.1, 0.15) is 5.75 Å². The number of hydrogen-bond donors (Lipinski definition) is 0. The topological polar surface area (TPSA) is 31.2 Å². The number of ketones is 1. The molecule has 2 aromatic carbocycles. The van der Waals surface area contributed by atoms with Gasteiger partial charge in [-0.2, -0.15) is 0 Å². The first-order valence-corrected chi connectivity index (χ1v) is 9.06. The Morgan fingerprint density at radius 3 is 2.35 bits per heavy atom. The summed E-state index contributed by atoms with van der Waals surface area (Å²) < 4.78 is 7.54. The van der Waals surface area contributed by atoms with E-state index in [9.17, 15) is 4.79 Å². The number of fused-ring (bicyclic) bond motifs is 1. The summed E-state index contributed by atoms with van der Waals surface area (Å²) >= 11 is 0. The number of methoxy groups -OCH3 is 1. The van der Waals surface area contributed by atoms with Crippen molar-refractivity contribution < 1.29 is 9.53 Å². The molecule has 132 valence electrons. The van der Waals surface area contributed by atoms with Crippen molar-refractivity contribution in [2.24, 2.45) is 5.92 Å². The molecule has 0 bridgehead atoms. The number of carbonyl (C=O) groups is 1. The van der Waals surface area contributed by atoms with Crippen molar-refractivity contribution in [1.82, 2.24) is 4.57 Å². The van der Waals surface area contributed by atoms with Gasteiger partial charge in [0.15, 0.2) is 5.78 Å². The largest absolute Gasteiger partial charge is 0.497 e. The highest BCUT2D eigenvalue weighted by atomic mass is 16.5. The van der Waals surface area contributed by atoms with E-state index in [2.05, 4.69) is 60.9 Å². The summed E-state index contributed by atoms with van der Waals surface area (Å²) in [5, 5.41) is 0. The Hall–Kier alpha value is -2.81. The van der Waals surface area contributed by atoms with Gasteiger partial charge < -0.3 is 9.30 Å². The highest BCUT2D eigenvalue weighted by Gasteiger charge is 2.28. The number of aryl methyl sites for hydroxylation is 1. The molecule has 0 amide bonds. The lowest BCUT2D eigenvalue weighted by atomic mass is 9.88. The average molecular weight is 345 g/mol. The van der Waals surface area contributed by atoms with Gasteiger partial charge in [-0.1, -0.05) is 36.8 Å². The highest BCUT2D eigenvalue weighted by molar-refractivity contribution is 6.00. The summed E-state index contributed by atoms with van der Waals surface area (Å²) in [6.07, 6.45) is 1.55. The van der Waals surface area contributed by atoms with Crippen LogP contribution in [0.2, 0.25) is 0 Å². The minimum absolute atomic E-state index is 0.249. The molecule has 1 aliphatic carbocycles. The average Bonchev–Trinajstić information content (AvgIpc) is 3.02. The van der Waals surface area contributed by atoms with E-state index in [1.165, 1.54) is 5.56 Å². The first-order chi connectivity index (χ1) is 12.6. The van der Waals surface area contributed by atoms with E-state index in [0.717, 1.165) is 40.4 Å². The molecule has 0 saturated carbocycles. The number of hydrogen-bond acceptors (Lipinski definition) is 2. The highest BCUT2D eigenvalue weighted by Crippen LogP contribution is 2.35. The van der Waals surface area contributed by atoms with Crippen LogP contribution < -0.4 is 4.74 Å². The summed E-state index contributed by atoms with van der Waals surface area (Å²) in [5.41, 5.74) is 6.48. The molecule has 26 heavy (non-hydrogen) atoms. The third-order valence-corrected chi connectivity index (χ3v) is 5.16. The summed E-state index contributed by atoms with van der Waals surface area (Å²) in [4.78, 5) is 12.6. The molecule has 1 aromatic heterocycles.